The molecule has 0 bridgehead atoms. The van der Waals surface area contributed by atoms with E-state index in [-0.39, 0.29) is 6.42 Å². The molecular weight excluding hydrogens is 434 g/mol. The van der Waals surface area contributed by atoms with E-state index < -0.39 is 5.91 Å². The standard InChI is InChI=1S/C22H18BrN3O3/c1-28-20-11-17(13-25-26-22(27)9-10-24)19(23)12-21(20)29-14-16-7-4-6-15-5-2-3-8-18(15)16/h2-8,11-13H,9,14H2,1H3,(H,26,27). The van der Waals surface area contributed by atoms with Crippen LogP contribution in [0.15, 0.2) is 64.2 Å². The highest BCUT2D eigenvalue weighted by Crippen LogP contribution is 2.34. The van der Waals surface area contributed by atoms with Crippen LogP contribution in [0.2, 0.25) is 0 Å². The van der Waals surface area contributed by atoms with Gasteiger partial charge < -0.3 is 9.47 Å². The van der Waals surface area contributed by atoms with Crippen molar-refractivity contribution in [3.63, 3.8) is 0 Å². The molecule has 0 spiro atoms. The Morgan fingerprint density at radius 2 is 2.00 bits per heavy atom. The Balaban J connectivity index is 1.78. The number of rotatable bonds is 7. The van der Waals surface area contributed by atoms with Gasteiger partial charge in [-0.25, -0.2) is 5.43 Å². The molecule has 0 aliphatic heterocycles. The summed E-state index contributed by atoms with van der Waals surface area (Å²) in [5.41, 5.74) is 4.06. The zero-order chi connectivity index (χ0) is 20.6. The molecule has 3 rings (SSSR count). The lowest BCUT2D eigenvalue weighted by atomic mass is 10.1. The molecule has 29 heavy (non-hydrogen) atoms. The number of amides is 1. The lowest BCUT2D eigenvalue weighted by Crippen LogP contribution is -2.16. The van der Waals surface area contributed by atoms with Crippen molar-refractivity contribution in [3.8, 4) is 17.6 Å². The van der Waals surface area contributed by atoms with E-state index in [4.69, 9.17) is 14.7 Å². The topological polar surface area (TPSA) is 83.7 Å². The van der Waals surface area contributed by atoms with Gasteiger partial charge in [0.15, 0.2) is 11.5 Å². The molecule has 0 aromatic heterocycles. The Morgan fingerprint density at radius 1 is 1.21 bits per heavy atom. The van der Waals surface area contributed by atoms with Gasteiger partial charge in [0.2, 0.25) is 0 Å². The van der Waals surface area contributed by atoms with Gasteiger partial charge in [-0.15, -0.1) is 0 Å². The summed E-state index contributed by atoms with van der Waals surface area (Å²) in [5, 5.41) is 14.6. The summed E-state index contributed by atoms with van der Waals surface area (Å²) < 4.78 is 12.2. The molecule has 0 aliphatic carbocycles. The van der Waals surface area contributed by atoms with Crippen molar-refractivity contribution in [1.29, 1.82) is 5.26 Å². The highest BCUT2D eigenvalue weighted by atomic mass is 79.9. The number of methoxy groups -OCH3 is 1. The normalized spacial score (nSPS) is 10.7. The molecule has 0 atom stereocenters. The maximum atomic E-state index is 11.3. The van der Waals surface area contributed by atoms with Crippen molar-refractivity contribution in [1.82, 2.24) is 5.43 Å². The molecule has 0 saturated carbocycles. The third-order valence-electron chi connectivity index (χ3n) is 4.18. The van der Waals surface area contributed by atoms with Gasteiger partial charge in [0, 0.05) is 10.0 Å². The van der Waals surface area contributed by atoms with Crippen molar-refractivity contribution in [2.75, 3.05) is 7.11 Å². The van der Waals surface area contributed by atoms with Gasteiger partial charge in [-0.3, -0.25) is 4.79 Å². The van der Waals surface area contributed by atoms with E-state index in [0.29, 0.717) is 23.7 Å². The number of carbonyl (C=O) groups is 1. The van der Waals surface area contributed by atoms with Gasteiger partial charge in [-0.2, -0.15) is 10.4 Å². The zero-order valence-electron chi connectivity index (χ0n) is 15.7. The van der Waals surface area contributed by atoms with Crippen LogP contribution in [0, 0.1) is 11.3 Å². The molecule has 0 radical (unpaired) electrons. The van der Waals surface area contributed by atoms with Gasteiger partial charge in [0.25, 0.3) is 5.91 Å². The Labute approximate surface area is 176 Å². The van der Waals surface area contributed by atoms with Crippen LogP contribution in [-0.4, -0.2) is 19.2 Å². The molecule has 6 nitrogen and oxygen atoms in total. The van der Waals surface area contributed by atoms with Crippen LogP contribution < -0.4 is 14.9 Å². The van der Waals surface area contributed by atoms with E-state index >= 15 is 0 Å². The number of carbonyl (C=O) groups excluding carboxylic acids is 1. The minimum atomic E-state index is -0.470. The van der Waals surface area contributed by atoms with Gasteiger partial charge in [-0.1, -0.05) is 42.5 Å². The van der Waals surface area contributed by atoms with Crippen LogP contribution in [-0.2, 0) is 11.4 Å². The average molecular weight is 452 g/mol. The van der Waals surface area contributed by atoms with Crippen LogP contribution in [0.25, 0.3) is 10.8 Å². The molecule has 3 aromatic rings. The van der Waals surface area contributed by atoms with E-state index in [9.17, 15) is 4.79 Å². The zero-order valence-corrected chi connectivity index (χ0v) is 17.3. The second-order valence-corrected chi connectivity index (χ2v) is 6.93. The molecule has 0 heterocycles. The summed E-state index contributed by atoms with van der Waals surface area (Å²) in [6.45, 7) is 0.391. The lowest BCUT2D eigenvalue weighted by Gasteiger charge is -2.14. The fourth-order valence-corrected chi connectivity index (χ4v) is 3.21. The van der Waals surface area contributed by atoms with Crippen molar-refractivity contribution in [2.24, 2.45) is 5.10 Å². The molecule has 0 aliphatic rings. The number of hydrogen-bond acceptors (Lipinski definition) is 5. The first-order valence-electron chi connectivity index (χ1n) is 8.78. The molecule has 7 heteroatoms. The first-order valence-corrected chi connectivity index (χ1v) is 9.57. The molecule has 0 fully saturated rings. The number of ether oxygens (including phenoxy) is 2. The number of hydrogen-bond donors (Lipinski definition) is 1. The van der Waals surface area contributed by atoms with Crippen LogP contribution in [0.1, 0.15) is 17.5 Å². The van der Waals surface area contributed by atoms with Gasteiger partial charge in [0.05, 0.1) is 19.4 Å². The maximum Gasteiger partial charge on any atom is 0.254 e. The van der Waals surface area contributed by atoms with E-state index in [1.165, 1.54) is 6.21 Å². The SMILES string of the molecule is COc1cc(C=NNC(=O)CC#N)c(Br)cc1OCc1cccc2ccccc12. The van der Waals surface area contributed by atoms with Crippen LogP contribution in [0.3, 0.4) is 0 Å². The Morgan fingerprint density at radius 3 is 2.79 bits per heavy atom. The third-order valence-corrected chi connectivity index (χ3v) is 4.87. The van der Waals surface area contributed by atoms with Crippen molar-refractivity contribution < 1.29 is 14.3 Å². The van der Waals surface area contributed by atoms with Crippen LogP contribution >= 0.6 is 15.9 Å². The summed E-state index contributed by atoms with van der Waals surface area (Å²) in [5.74, 6) is 0.651. The van der Waals surface area contributed by atoms with E-state index in [1.54, 1.807) is 25.3 Å². The van der Waals surface area contributed by atoms with Gasteiger partial charge >= 0.3 is 0 Å². The predicted octanol–water partition coefficient (Wildman–Crippen LogP) is 4.55. The van der Waals surface area contributed by atoms with Gasteiger partial charge in [0.1, 0.15) is 13.0 Å². The summed E-state index contributed by atoms with van der Waals surface area (Å²) >= 11 is 3.48. The Bertz CT molecular complexity index is 1100. The minimum Gasteiger partial charge on any atom is -0.493 e. The first kappa shape index (κ1) is 20.4. The fraction of sp³-hybridized carbons (Fsp3) is 0.136. The summed E-state index contributed by atoms with van der Waals surface area (Å²) in [7, 11) is 1.56. The number of halogens is 1. The van der Waals surface area contributed by atoms with E-state index in [0.717, 1.165) is 20.8 Å². The number of nitrogens with zero attached hydrogens (tertiary/aromatic N) is 2. The molecule has 0 unspecified atom stereocenters. The molecule has 0 saturated heterocycles. The highest BCUT2D eigenvalue weighted by Gasteiger charge is 2.11. The van der Waals surface area contributed by atoms with Crippen LogP contribution in [0.4, 0.5) is 0 Å². The van der Waals surface area contributed by atoms with E-state index in [2.05, 4.69) is 44.7 Å². The minimum absolute atomic E-state index is 0.247. The Kier molecular flexibility index (Phi) is 6.82. The quantitative estimate of drug-likeness (QED) is 0.421. The van der Waals surface area contributed by atoms with Gasteiger partial charge in [-0.05, 0) is 44.4 Å². The lowest BCUT2D eigenvalue weighted by molar-refractivity contribution is -0.120. The van der Waals surface area contributed by atoms with Crippen molar-refractivity contribution in [2.45, 2.75) is 13.0 Å². The Hall–Kier alpha value is -3.37. The van der Waals surface area contributed by atoms with Crippen LogP contribution in [0.5, 0.6) is 11.5 Å². The first-order chi connectivity index (χ1) is 14.1. The van der Waals surface area contributed by atoms with Crippen molar-refractivity contribution in [3.05, 3.63) is 70.2 Å². The predicted molar refractivity (Wildman–Crippen MR) is 115 cm³/mol. The molecule has 3 aromatic carbocycles. The number of benzene rings is 3. The average Bonchev–Trinajstić information content (AvgIpc) is 2.73. The number of nitriles is 1. The third kappa shape index (κ3) is 5.12. The van der Waals surface area contributed by atoms with E-state index in [1.807, 2.05) is 24.3 Å². The monoisotopic (exact) mass is 451 g/mol. The number of nitrogens with one attached hydrogen (secondary N) is 1. The maximum absolute atomic E-state index is 11.3. The number of fused-ring (bicyclic) bond motifs is 1. The number of hydrazone groups is 1. The highest BCUT2D eigenvalue weighted by molar-refractivity contribution is 9.10. The second-order valence-electron chi connectivity index (χ2n) is 6.08. The molecule has 1 N–H and O–H groups in total. The fourth-order valence-electron chi connectivity index (χ4n) is 2.78. The smallest absolute Gasteiger partial charge is 0.254 e. The summed E-state index contributed by atoms with van der Waals surface area (Å²) in [6, 6.07) is 19.6. The largest absolute Gasteiger partial charge is 0.493 e. The summed E-state index contributed by atoms with van der Waals surface area (Å²) in [6.07, 6.45) is 1.22. The summed E-state index contributed by atoms with van der Waals surface area (Å²) in [4.78, 5) is 11.3. The van der Waals surface area contributed by atoms with Crippen molar-refractivity contribution >= 4 is 38.8 Å². The molecule has 1 amide bonds. The second kappa shape index (κ2) is 9.71. The molecule has 146 valence electrons. The molecular formula is C22H18BrN3O3.